The fourth-order valence-electron chi connectivity index (χ4n) is 8.53. The fourth-order valence-corrected chi connectivity index (χ4v) is 9.27. The third kappa shape index (κ3) is 63.6. The number of quaternary nitrogens is 1. The fraction of sp³-hybridized carbons (Fsp3) is 0.686. The number of nitrogens with zero attached hydrogens (tertiary/aromatic N) is 1. The molecule has 0 radical (unpaired) electrons. The van der Waals surface area contributed by atoms with Crippen molar-refractivity contribution in [3.63, 3.8) is 0 Å². The normalized spacial score (nSPS) is 14.0. The number of carbonyl (C=O) groups excluding carboxylic acids is 2. The summed E-state index contributed by atoms with van der Waals surface area (Å²) in [7, 11) is 1.44. The summed E-state index contributed by atoms with van der Waals surface area (Å²) in [5, 5.41) is 0. The van der Waals surface area contributed by atoms with Crippen LogP contribution >= 0.6 is 7.82 Å². The van der Waals surface area contributed by atoms with Crippen molar-refractivity contribution in [2.24, 2.45) is 0 Å². The second-order valence-electron chi connectivity index (χ2n) is 22.4. The zero-order chi connectivity index (χ0) is 58.4. The smallest absolute Gasteiger partial charge is 0.462 e. The molecule has 9 nitrogen and oxygen atoms in total. The van der Waals surface area contributed by atoms with Gasteiger partial charge in [-0.2, -0.15) is 0 Å². The van der Waals surface area contributed by atoms with Gasteiger partial charge in [0.25, 0.3) is 0 Å². The van der Waals surface area contributed by atoms with Crippen molar-refractivity contribution in [2.45, 2.75) is 264 Å². The highest BCUT2D eigenvalue weighted by Gasteiger charge is 2.27. The van der Waals surface area contributed by atoms with Crippen LogP contribution in [0.15, 0.2) is 122 Å². The van der Waals surface area contributed by atoms with Gasteiger partial charge in [0.1, 0.15) is 19.8 Å². The SMILES string of the molecule is CC/C=C\C/C=C\C/C=C\C/C=C\C/C=C\C/C=C\C/C=C\C/C=C\CCCCC(=O)OC(COC(=O)CCCCCCCCCCCCCCCCCCC/C=C\C/C=C\CCCCCCC)COP(=O)(O)OCC[N+](C)(C)C. The molecule has 0 saturated carbocycles. The van der Waals surface area contributed by atoms with Gasteiger partial charge < -0.3 is 18.9 Å². The Hall–Kier alpha value is -3.59. The summed E-state index contributed by atoms with van der Waals surface area (Å²) in [5.74, 6) is -0.851. The van der Waals surface area contributed by atoms with Crippen LogP contribution in [-0.4, -0.2) is 74.9 Å². The van der Waals surface area contributed by atoms with E-state index in [2.05, 4.69) is 135 Å². The maximum atomic E-state index is 12.8. The maximum Gasteiger partial charge on any atom is 0.472 e. The minimum Gasteiger partial charge on any atom is -0.462 e. The Balaban J connectivity index is 4.20. The monoisotopic (exact) mass is 1130 g/mol. The number of ether oxygens (including phenoxy) is 2. The molecule has 2 atom stereocenters. The topological polar surface area (TPSA) is 108 Å². The van der Waals surface area contributed by atoms with E-state index in [4.69, 9.17) is 18.5 Å². The second-order valence-corrected chi connectivity index (χ2v) is 23.9. The first-order valence-electron chi connectivity index (χ1n) is 32.3. The van der Waals surface area contributed by atoms with Gasteiger partial charge in [-0.1, -0.05) is 257 Å². The zero-order valence-corrected chi connectivity index (χ0v) is 52.9. The van der Waals surface area contributed by atoms with Crippen LogP contribution in [0.4, 0.5) is 0 Å². The molecule has 0 aliphatic carbocycles. The molecule has 2 unspecified atom stereocenters. The van der Waals surface area contributed by atoms with E-state index >= 15 is 0 Å². The molecule has 0 bridgehead atoms. The summed E-state index contributed by atoms with van der Waals surface area (Å²) < 4.78 is 34.6. The van der Waals surface area contributed by atoms with Crippen molar-refractivity contribution >= 4 is 19.8 Å². The summed E-state index contributed by atoms with van der Waals surface area (Å²) in [4.78, 5) is 35.8. The standard InChI is InChI=1S/C70H120NO8P/c1-6-8-10-12-14-16-18-20-22-24-26-28-30-32-34-35-37-38-40-42-44-46-48-50-52-54-56-58-60-62-69(72)76-66-68(67-78-80(74,75)77-65-64-71(3,4)5)79-70(73)63-61-59-57-55-53-51-49-47-45-43-41-39-36-33-31-29-27-25-23-21-19-17-15-13-11-9-7-2/h9,11,15,17-18,20-21,23-24,26-27,29,33,36,41,43,47,49,53,55,68H,6-8,10,12-14,16,19,22,25,28,30-32,34-35,37-40,42,44-46,48,50-52,54,56-67H2,1-5H3/p+1/b11-9-,17-15-,20-18-,23-21-,26-24-,29-27-,36-33-,43-41-,49-47-,55-53-. The van der Waals surface area contributed by atoms with Gasteiger partial charge in [-0.05, 0) is 109 Å². The van der Waals surface area contributed by atoms with E-state index in [0.29, 0.717) is 17.4 Å². The molecule has 0 aliphatic rings. The highest BCUT2D eigenvalue weighted by molar-refractivity contribution is 7.47. The molecular weight excluding hydrogens is 1010 g/mol. The quantitative estimate of drug-likeness (QED) is 0.0211. The molecule has 0 aromatic rings. The number of phosphoric ester groups is 1. The number of rotatable bonds is 58. The van der Waals surface area contributed by atoms with E-state index in [9.17, 15) is 19.0 Å². The minimum atomic E-state index is -4.41. The molecular formula is C70H121NO8P+. The number of hydrogen-bond donors (Lipinski definition) is 1. The number of esters is 2. The predicted molar refractivity (Wildman–Crippen MR) is 344 cm³/mol. The van der Waals surface area contributed by atoms with Gasteiger partial charge in [-0.3, -0.25) is 18.6 Å². The van der Waals surface area contributed by atoms with Crippen molar-refractivity contribution < 1.29 is 42.1 Å². The van der Waals surface area contributed by atoms with Crippen LogP contribution in [0.1, 0.15) is 258 Å². The number of hydrogen-bond acceptors (Lipinski definition) is 7. The number of carbonyl (C=O) groups is 2. The lowest BCUT2D eigenvalue weighted by atomic mass is 10.0. The van der Waals surface area contributed by atoms with E-state index in [-0.39, 0.29) is 32.0 Å². The first-order valence-corrected chi connectivity index (χ1v) is 33.8. The Morgan fingerprint density at radius 2 is 0.713 bits per heavy atom. The van der Waals surface area contributed by atoms with Crippen molar-refractivity contribution in [1.29, 1.82) is 0 Å². The van der Waals surface area contributed by atoms with Crippen molar-refractivity contribution in [2.75, 3.05) is 47.5 Å². The molecule has 458 valence electrons. The lowest BCUT2D eigenvalue weighted by Gasteiger charge is -2.24. The lowest BCUT2D eigenvalue weighted by molar-refractivity contribution is -0.870. The Labute approximate surface area is 492 Å². The van der Waals surface area contributed by atoms with Crippen LogP contribution in [-0.2, 0) is 32.7 Å². The molecule has 0 saturated heterocycles. The average molecular weight is 1140 g/mol. The van der Waals surface area contributed by atoms with Gasteiger partial charge in [0.15, 0.2) is 6.10 Å². The minimum absolute atomic E-state index is 0.0172. The Morgan fingerprint density at radius 1 is 0.400 bits per heavy atom. The van der Waals surface area contributed by atoms with E-state index < -0.39 is 26.5 Å². The first-order chi connectivity index (χ1) is 39.0. The van der Waals surface area contributed by atoms with Crippen molar-refractivity contribution in [1.82, 2.24) is 0 Å². The molecule has 0 aromatic heterocycles. The van der Waals surface area contributed by atoms with E-state index in [1.165, 1.54) is 135 Å². The predicted octanol–water partition coefficient (Wildman–Crippen LogP) is 20.7. The van der Waals surface area contributed by atoms with E-state index in [1.807, 2.05) is 21.1 Å². The largest absolute Gasteiger partial charge is 0.472 e. The van der Waals surface area contributed by atoms with Gasteiger partial charge in [0.2, 0.25) is 0 Å². The van der Waals surface area contributed by atoms with Crippen LogP contribution in [0.2, 0.25) is 0 Å². The first kappa shape index (κ1) is 76.4. The van der Waals surface area contributed by atoms with Gasteiger partial charge in [0, 0.05) is 12.8 Å². The summed E-state index contributed by atoms with van der Waals surface area (Å²) in [6.45, 7) is 4.26. The molecule has 0 heterocycles. The van der Waals surface area contributed by atoms with Gasteiger partial charge in [-0.15, -0.1) is 0 Å². The highest BCUT2D eigenvalue weighted by Crippen LogP contribution is 2.43. The van der Waals surface area contributed by atoms with Crippen LogP contribution in [0.3, 0.4) is 0 Å². The Kier molecular flexibility index (Phi) is 57.3. The Bertz CT molecular complexity index is 1760. The summed E-state index contributed by atoms with van der Waals surface area (Å²) >= 11 is 0. The van der Waals surface area contributed by atoms with Gasteiger partial charge in [0.05, 0.1) is 27.7 Å². The average Bonchev–Trinajstić information content (AvgIpc) is 3.42. The molecule has 0 amide bonds. The highest BCUT2D eigenvalue weighted by atomic mass is 31.2. The molecule has 0 aromatic carbocycles. The number of likely N-dealkylation sites (N-methyl/N-ethyl adjacent to an activating group) is 1. The van der Waals surface area contributed by atoms with E-state index in [1.54, 1.807) is 0 Å². The molecule has 0 spiro atoms. The number of phosphoric acid groups is 1. The molecule has 1 N–H and O–H groups in total. The summed E-state index contributed by atoms with van der Waals surface area (Å²) in [5.41, 5.74) is 0. The zero-order valence-electron chi connectivity index (χ0n) is 52.0. The molecule has 10 heteroatoms. The van der Waals surface area contributed by atoms with Crippen LogP contribution < -0.4 is 0 Å². The summed E-state index contributed by atoms with van der Waals surface area (Å²) in [6.07, 6.45) is 85.8. The lowest BCUT2D eigenvalue weighted by Crippen LogP contribution is -2.37. The summed E-state index contributed by atoms with van der Waals surface area (Å²) in [6, 6.07) is 0. The second kappa shape index (κ2) is 60.0. The third-order valence-electron chi connectivity index (χ3n) is 13.5. The van der Waals surface area contributed by atoms with Crippen LogP contribution in [0.5, 0.6) is 0 Å². The van der Waals surface area contributed by atoms with Crippen molar-refractivity contribution in [3.05, 3.63) is 122 Å². The third-order valence-corrected chi connectivity index (χ3v) is 14.5. The number of allylic oxidation sites excluding steroid dienone is 20. The Morgan fingerprint density at radius 3 is 1.09 bits per heavy atom. The molecule has 0 fully saturated rings. The molecule has 0 aliphatic heterocycles. The van der Waals surface area contributed by atoms with Crippen molar-refractivity contribution in [3.8, 4) is 0 Å². The van der Waals surface area contributed by atoms with Gasteiger partial charge >= 0.3 is 19.8 Å². The van der Waals surface area contributed by atoms with Crippen LogP contribution in [0.25, 0.3) is 0 Å². The van der Waals surface area contributed by atoms with Gasteiger partial charge in [-0.25, -0.2) is 4.57 Å². The molecule has 80 heavy (non-hydrogen) atoms. The maximum absolute atomic E-state index is 12.8. The van der Waals surface area contributed by atoms with Crippen LogP contribution in [0, 0.1) is 0 Å². The molecule has 0 rings (SSSR count). The van der Waals surface area contributed by atoms with E-state index in [0.717, 1.165) is 89.9 Å². The number of unbranched alkanes of at least 4 members (excludes halogenated alkanes) is 24.